The van der Waals surface area contributed by atoms with Gasteiger partial charge in [0.15, 0.2) is 0 Å². The van der Waals surface area contributed by atoms with Crippen LogP contribution >= 0.6 is 0 Å². The summed E-state index contributed by atoms with van der Waals surface area (Å²) >= 11 is 0. The van der Waals surface area contributed by atoms with E-state index in [1.165, 1.54) is 7.11 Å². The van der Waals surface area contributed by atoms with Gasteiger partial charge in [-0.05, 0) is 37.5 Å². The van der Waals surface area contributed by atoms with E-state index in [0.29, 0.717) is 12.0 Å². The number of rotatable bonds is 3. The van der Waals surface area contributed by atoms with Gasteiger partial charge in [-0.15, -0.1) is 0 Å². The third-order valence-corrected chi connectivity index (χ3v) is 3.31. The van der Waals surface area contributed by atoms with Gasteiger partial charge in [-0.2, -0.15) is 0 Å². The highest BCUT2D eigenvalue weighted by atomic mass is 16.5. The van der Waals surface area contributed by atoms with Crippen molar-refractivity contribution in [3.05, 3.63) is 35.4 Å². The molecule has 18 heavy (non-hydrogen) atoms. The minimum absolute atomic E-state index is 0.115. The predicted molar refractivity (Wildman–Crippen MR) is 67.3 cm³/mol. The highest BCUT2D eigenvalue weighted by Crippen LogP contribution is 2.24. The lowest BCUT2D eigenvalue weighted by Crippen LogP contribution is -2.40. The molecule has 2 rings (SSSR count). The lowest BCUT2D eigenvalue weighted by molar-refractivity contribution is -0.119. The van der Waals surface area contributed by atoms with Crippen LogP contribution in [-0.2, 0) is 16.0 Å². The first kappa shape index (κ1) is 12.6. The summed E-state index contributed by atoms with van der Waals surface area (Å²) in [6, 6.07) is 7.31. The standard InChI is InChI=1S/C14H17NO3/c1-14(8-7-12(16)15-14)9-10-3-5-11(6-4-10)13(17)18-2/h3-6H,7-9H2,1-2H3,(H,15,16)/t14-/m1/s1. The van der Waals surface area contributed by atoms with E-state index in [1.807, 2.05) is 19.1 Å². The van der Waals surface area contributed by atoms with Crippen LogP contribution in [0.4, 0.5) is 0 Å². The maximum absolute atomic E-state index is 11.3. The summed E-state index contributed by atoms with van der Waals surface area (Å²) in [5, 5.41) is 3.00. The van der Waals surface area contributed by atoms with Gasteiger partial charge >= 0.3 is 5.97 Å². The second kappa shape index (κ2) is 4.80. The molecule has 96 valence electrons. The molecule has 4 nitrogen and oxygen atoms in total. The van der Waals surface area contributed by atoms with Gasteiger partial charge in [0.1, 0.15) is 0 Å². The van der Waals surface area contributed by atoms with Crippen molar-refractivity contribution >= 4 is 11.9 Å². The van der Waals surface area contributed by atoms with Crippen LogP contribution in [-0.4, -0.2) is 24.5 Å². The van der Waals surface area contributed by atoms with E-state index in [0.717, 1.165) is 18.4 Å². The molecular formula is C14H17NO3. The van der Waals surface area contributed by atoms with E-state index in [1.54, 1.807) is 12.1 Å². The Balaban J connectivity index is 2.07. The third kappa shape index (κ3) is 2.70. The second-order valence-corrected chi connectivity index (χ2v) is 4.97. The lowest BCUT2D eigenvalue weighted by atomic mass is 9.91. The number of carbonyl (C=O) groups is 2. The summed E-state index contributed by atoms with van der Waals surface area (Å²) in [5.41, 5.74) is 1.48. The topological polar surface area (TPSA) is 55.4 Å². The summed E-state index contributed by atoms with van der Waals surface area (Å²) in [5.74, 6) is -0.217. The first-order valence-corrected chi connectivity index (χ1v) is 6.01. The molecule has 1 heterocycles. The number of benzene rings is 1. The normalized spacial score (nSPS) is 22.7. The minimum Gasteiger partial charge on any atom is -0.465 e. The Kier molecular flexibility index (Phi) is 3.36. The monoisotopic (exact) mass is 247 g/mol. The van der Waals surface area contributed by atoms with Gasteiger partial charge in [-0.1, -0.05) is 12.1 Å². The number of ether oxygens (including phenoxy) is 1. The Morgan fingerprint density at radius 3 is 2.56 bits per heavy atom. The molecule has 0 bridgehead atoms. The summed E-state index contributed by atoms with van der Waals surface area (Å²) < 4.78 is 4.65. The van der Waals surface area contributed by atoms with Gasteiger partial charge in [0.25, 0.3) is 0 Å². The van der Waals surface area contributed by atoms with Crippen LogP contribution in [0.5, 0.6) is 0 Å². The quantitative estimate of drug-likeness (QED) is 0.827. The molecule has 1 fully saturated rings. The summed E-state index contributed by atoms with van der Waals surface area (Å²) in [6.45, 7) is 2.05. The Labute approximate surface area is 106 Å². The van der Waals surface area contributed by atoms with Crippen molar-refractivity contribution in [3.8, 4) is 0 Å². The predicted octanol–water partition coefficient (Wildman–Crippen LogP) is 1.68. The highest BCUT2D eigenvalue weighted by molar-refractivity contribution is 5.89. The Hall–Kier alpha value is -1.84. The number of nitrogens with one attached hydrogen (secondary N) is 1. The number of amides is 1. The zero-order valence-corrected chi connectivity index (χ0v) is 10.7. The van der Waals surface area contributed by atoms with Crippen LogP contribution < -0.4 is 5.32 Å². The largest absolute Gasteiger partial charge is 0.465 e. The molecule has 1 aliphatic rings. The molecule has 1 saturated heterocycles. The summed E-state index contributed by atoms with van der Waals surface area (Å²) in [6.07, 6.45) is 2.22. The van der Waals surface area contributed by atoms with Crippen LogP contribution in [0.15, 0.2) is 24.3 Å². The molecule has 0 aromatic heterocycles. The number of hydrogen-bond donors (Lipinski definition) is 1. The van der Waals surface area contributed by atoms with Crippen molar-refractivity contribution in [2.45, 2.75) is 31.7 Å². The van der Waals surface area contributed by atoms with Gasteiger partial charge < -0.3 is 10.1 Å². The zero-order valence-electron chi connectivity index (χ0n) is 10.7. The van der Waals surface area contributed by atoms with Crippen molar-refractivity contribution in [1.29, 1.82) is 0 Å². The number of hydrogen-bond acceptors (Lipinski definition) is 3. The van der Waals surface area contributed by atoms with Gasteiger partial charge in [-0.3, -0.25) is 4.79 Å². The molecule has 0 aliphatic carbocycles. The first-order valence-electron chi connectivity index (χ1n) is 6.01. The number of carbonyl (C=O) groups excluding carboxylic acids is 2. The molecule has 0 spiro atoms. The molecule has 1 amide bonds. The van der Waals surface area contributed by atoms with Crippen molar-refractivity contribution in [1.82, 2.24) is 5.32 Å². The average Bonchev–Trinajstić information content (AvgIpc) is 2.69. The van der Waals surface area contributed by atoms with Gasteiger partial charge in [-0.25, -0.2) is 4.79 Å². The van der Waals surface area contributed by atoms with Crippen LogP contribution in [0, 0.1) is 0 Å². The first-order chi connectivity index (χ1) is 8.52. The maximum Gasteiger partial charge on any atom is 0.337 e. The van der Waals surface area contributed by atoms with Crippen molar-refractivity contribution < 1.29 is 14.3 Å². The molecule has 0 saturated carbocycles. The lowest BCUT2D eigenvalue weighted by Gasteiger charge is -2.23. The molecule has 1 atom stereocenters. The number of methoxy groups -OCH3 is 1. The fourth-order valence-corrected chi connectivity index (χ4v) is 2.31. The minimum atomic E-state index is -0.332. The number of esters is 1. The fourth-order valence-electron chi connectivity index (χ4n) is 2.31. The molecule has 0 radical (unpaired) electrons. The molecule has 0 unspecified atom stereocenters. The Morgan fingerprint density at radius 2 is 2.06 bits per heavy atom. The van der Waals surface area contributed by atoms with E-state index >= 15 is 0 Å². The van der Waals surface area contributed by atoms with Gasteiger partial charge in [0.05, 0.1) is 12.7 Å². The van der Waals surface area contributed by atoms with Crippen molar-refractivity contribution in [2.75, 3.05) is 7.11 Å². The summed E-state index contributed by atoms with van der Waals surface area (Å²) in [4.78, 5) is 22.6. The SMILES string of the molecule is COC(=O)c1ccc(C[C@@]2(C)CCC(=O)N2)cc1. The molecular weight excluding hydrogens is 230 g/mol. The molecule has 1 aromatic rings. The molecule has 4 heteroatoms. The third-order valence-electron chi connectivity index (χ3n) is 3.31. The second-order valence-electron chi connectivity index (χ2n) is 4.97. The smallest absolute Gasteiger partial charge is 0.337 e. The van der Waals surface area contributed by atoms with Crippen molar-refractivity contribution in [2.24, 2.45) is 0 Å². The van der Waals surface area contributed by atoms with E-state index in [4.69, 9.17) is 0 Å². The average molecular weight is 247 g/mol. The molecule has 1 N–H and O–H groups in total. The van der Waals surface area contributed by atoms with E-state index < -0.39 is 0 Å². The highest BCUT2D eigenvalue weighted by Gasteiger charge is 2.32. The molecule has 1 aromatic carbocycles. The van der Waals surface area contributed by atoms with Gasteiger partial charge in [0, 0.05) is 12.0 Å². The Morgan fingerprint density at radius 1 is 1.39 bits per heavy atom. The Bertz CT molecular complexity index is 466. The van der Waals surface area contributed by atoms with E-state index in [-0.39, 0.29) is 17.4 Å². The van der Waals surface area contributed by atoms with Crippen LogP contribution in [0.2, 0.25) is 0 Å². The van der Waals surface area contributed by atoms with Crippen LogP contribution in [0.25, 0.3) is 0 Å². The summed E-state index contributed by atoms with van der Waals surface area (Å²) in [7, 11) is 1.37. The van der Waals surface area contributed by atoms with E-state index in [9.17, 15) is 9.59 Å². The van der Waals surface area contributed by atoms with Crippen molar-refractivity contribution in [3.63, 3.8) is 0 Å². The fraction of sp³-hybridized carbons (Fsp3) is 0.429. The van der Waals surface area contributed by atoms with E-state index in [2.05, 4.69) is 10.1 Å². The zero-order chi connectivity index (χ0) is 13.2. The van der Waals surface area contributed by atoms with Crippen LogP contribution in [0.1, 0.15) is 35.7 Å². The molecule has 1 aliphatic heterocycles. The maximum atomic E-state index is 11.3. The van der Waals surface area contributed by atoms with Gasteiger partial charge in [0.2, 0.25) is 5.91 Å². The van der Waals surface area contributed by atoms with Crippen LogP contribution in [0.3, 0.4) is 0 Å².